The molecule has 0 heterocycles. The molecule has 24 heteroatoms. The van der Waals surface area contributed by atoms with Crippen LogP contribution in [0.2, 0.25) is 0 Å². The third-order valence-corrected chi connectivity index (χ3v) is 3.77. The zero-order valence-electron chi connectivity index (χ0n) is 17.3. The lowest BCUT2D eigenvalue weighted by atomic mass is 10.2. The Morgan fingerprint density at radius 2 is 1.00 bits per heavy atom. The Morgan fingerprint density at radius 3 is 1.32 bits per heavy atom. The van der Waals surface area contributed by atoms with Crippen LogP contribution >= 0.6 is 0 Å². The summed E-state index contributed by atoms with van der Waals surface area (Å²) in [6.45, 7) is -11.9. The number of alkyl halides is 18. The van der Waals surface area contributed by atoms with Gasteiger partial charge in [-0.2, -0.15) is 79.0 Å². The smallest absolute Gasteiger partial charge is 0.393 e. The van der Waals surface area contributed by atoms with Gasteiger partial charge in [-0.3, -0.25) is 0 Å². The molecule has 0 amide bonds. The number of halogens is 18. The molecular weight excluding hydrogens is 606 g/mol. The molecule has 38 heavy (non-hydrogen) atoms. The Balaban J connectivity index is 5.96. The molecule has 0 fully saturated rings. The third kappa shape index (κ3) is 9.02. The lowest BCUT2D eigenvalue weighted by Crippen LogP contribution is -2.62. The van der Waals surface area contributed by atoms with E-state index in [2.05, 4.69) is 18.9 Å². The molecule has 6 nitrogen and oxygen atoms in total. The van der Waals surface area contributed by atoms with E-state index in [0.717, 1.165) is 0 Å². The average molecular weight is 618 g/mol. The Morgan fingerprint density at radius 1 is 0.553 bits per heavy atom. The van der Waals surface area contributed by atoms with Crippen molar-refractivity contribution in [1.82, 2.24) is 0 Å². The highest BCUT2D eigenvalue weighted by molar-refractivity contribution is 4.89. The van der Waals surface area contributed by atoms with Gasteiger partial charge in [0.1, 0.15) is 13.2 Å². The summed E-state index contributed by atoms with van der Waals surface area (Å²) in [6.07, 6.45) is -47.7. The number of aliphatic hydroxyl groups is 2. The van der Waals surface area contributed by atoms with E-state index in [9.17, 15) is 79.0 Å². The molecule has 0 aromatic rings. The van der Waals surface area contributed by atoms with E-state index in [1.54, 1.807) is 0 Å². The summed E-state index contributed by atoms with van der Waals surface area (Å²) in [5.41, 5.74) is 0. The molecule has 4 atom stereocenters. The molecule has 0 rings (SSSR count). The molecule has 0 spiro atoms. The molecule has 0 radical (unpaired) electrons. The minimum absolute atomic E-state index is 2.48. The first-order chi connectivity index (χ1) is 16.5. The van der Waals surface area contributed by atoms with E-state index < -0.39 is 87.3 Å². The second-order valence-corrected chi connectivity index (χ2v) is 6.71. The standard InChI is InChI=1S/C14H12F18O6/c15-7(3-34,12(25,26)27)35-2-6(10(21,22)23)37-8(16,17)4-36-11(24,13(28,29)30)14(31,32)38-5(1-33)9(18,19)20/h5-6,33-34H,1-4H2. The van der Waals surface area contributed by atoms with Crippen LogP contribution in [-0.4, -0.2) is 97.5 Å². The lowest BCUT2D eigenvalue weighted by molar-refractivity contribution is -0.485. The summed E-state index contributed by atoms with van der Waals surface area (Å²) in [6, 6.07) is 0. The fraction of sp³-hybridized carbons (Fsp3) is 1.00. The van der Waals surface area contributed by atoms with E-state index in [0.29, 0.717) is 0 Å². The molecule has 0 bridgehead atoms. The summed E-state index contributed by atoms with van der Waals surface area (Å²) in [5.74, 6) is -12.3. The number of rotatable bonds is 13. The monoisotopic (exact) mass is 618 g/mol. The van der Waals surface area contributed by atoms with Crippen molar-refractivity contribution >= 4 is 0 Å². The van der Waals surface area contributed by atoms with Crippen molar-refractivity contribution in [2.45, 2.75) is 60.8 Å². The summed E-state index contributed by atoms with van der Waals surface area (Å²) in [5, 5.41) is 16.6. The van der Waals surface area contributed by atoms with Crippen LogP contribution in [0.5, 0.6) is 0 Å². The van der Waals surface area contributed by atoms with Gasteiger partial charge >= 0.3 is 48.6 Å². The topological polar surface area (TPSA) is 77.4 Å². The first-order valence-electron chi connectivity index (χ1n) is 8.75. The van der Waals surface area contributed by atoms with E-state index >= 15 is 0 Å². The summed E-state index contributed by atoms with van der Waals surface area (Å²) in [4.78, 5) is 0. The molecule has 0 aliphatic rings. The predicted molar refractivity (Wildman–Crippen MR) is 77.6 cm³/mol. The first kappa shape index (κ1) is 36.5. The Hall–Kier alpha value is -1.50. The minimum Gasteiger partial charge on any atom is -0.393 e. The highest BCUT2D eigenvalue weighted by atomic mass is 19.4. The normalized spacial score (nSPS) is 19.6. The van der Waals surface area contributed by atoms with Crippen LogP contribution in [-0.2, 0) is 18.9 Å². The molecule has 4 unspecified atom stereocenters. The van der Waals surface area contributed by atoms with Gasteiger partial charge in [-0.1, -0.05) is 0 Å². The molecular formula is C14H12F18O6. The lowest BCUT2D eigenvalue weighted by Gasteiger charge is -2.36. The van der Waals surface area contributed by atoms with E-state index in [-0.39, 0.29) is 0 Å². The summed E-state index contributed by atoms with van der Waals surface area (Å²) < 4.78 is 244. The molecule has 0 aromatic carbocycles. The van der Waals surface area contributed by atoms with Crippen LogP contribution in [0.25, 0.3) is 0 Å². The number of aliphatic hydroxyl groups excluding tert-OH is 2. The zero-order valence-corrected chi connectivity index (χ0v) is 17.3. The Kier molecular flexibility index (Phi) is 11.1. The molecule has 0 aliphatic heterocycles. The number of hydrogen-bond acceptors (Lipinski definition) is 6. The Bertz CT molecular complexity index is 748. The van der Waals surface area contributed by atoms with Crippen molar-refractivity contribution < 1.29 is 108 Å². The van der Waals surface area contributed by atoms with Crippen LogP contribution in [0.4, 0.5) is 79.0 Å². The minimum atomic E-state index is -7.29. The van der Waals surface area contributed by atoms with Crippen molar-refractivity contribution in [3.63, 3.8) is 0 Å². The molecule has 0 saturated heterocycles. The van der Waals surface area contributed by atoms with E-state index in [1.165, 1.54) is 0 Å². The van der Waals surface area contributed by atoms with Crippen LogP contribution in [0.1, 0.15) is 0 Å². The number of ether oxygens (including phenoxy) is 4. The number of hydrogen-bond donors (Lipinski definition) is 2. The van der Waals surface area contributed by atoms with Gasteiger partial charge in [-0.05, 0) is 0 Å². The maximum atomic E-state index is 14.0. The molecule has 0 aromatic heterocycles. The largest absolute Gasteiger partial charge is 0.457 e. The van der Waals surface area contributed by atoms with Crippen molar-refractivity contribution in [2.75, 3.05) is 26.4 Å². The van der Waals surface area contributed by atoms with Crippen LogP contribution in [0.3, 0.4) is 0 Å². The van der Waals surface area contributed by atoms with Crippen LogP contribution < -0.4 is 0 Å². The molecule has 0 saturated carbocycles. The van der Waals surface area contributed by atoms with E-state index in [4.69, 9.17) is 10.2 Å². The van der Waals surface area contributed by atoms with Crippen molar-refractivity contribution in [1.29, 1.82) is 0 Å². The fourth-order valence-corrected chi connectivity index (χ4v) is 1.84. The second kappa shape index (κ2) is 11.5. The summed E-state index contributed by atoms with van der Waals surface area (Å²) >= 11 is 0. The van der Waals surface area contributed by atoms with Gasteiger partial charge in [0.2, 0.25) is 0 Å². The van der Waals surface area contributed by atoms with Gasteiger partial charge in [0.15, 0.2) is 12.2 Å². The molecule has 0 aliphatic carbocycles. The van der Waals surface area contributed by atoms with Crippen LogP contribution in [0.15, 0.2) is 0 Å². The average Bonchev–Trinajstić information content (AvgIpc) is 2.69. The van der Waals surface area contributed by atoms with Gasteiger partial charge in [0.05, 0.1) is 13.2 Å². The summed E-state index contributed by atoms with van der Waals surface area (Å²) in [7, 11) is 0. The maximum absolute atomic E-state index is 14.0. The quantitative estimate of drug-likeness (QED) is 0.296. The predicted octanol–water partition coefficient (Wildman–Crippen LogP) is 4.54. The highest BCUT2D eigenvalue weighted by Gasteiger charge is 2.76. The second-order valence-electron chi connectivity index (χ2n) is 6.71. The SMILES string of the molecule is OCC(OC(F)(F)C(F)(OCC(F)(F)OC(COC(F)(CO)C(F)(F)F)C(F)(F)F)C(F)(F)F)C(F)(F)F. The maximum Gasteiger partial charge on any atom is 0.457 e. The van der Waals surface area contributed by atoms with Crippen molar-refractivity contribution in [3.8, 4) is 0 Å². The molecule has 2 N–H and O–H groups in total. The Labute approximate surface area is 197 Å². The van der Waals surface area contributed by atoms with Gasteiger partial charge in [-0.25, -0.2) is 0 Å². The van der Waals surface area contributed by atoms with Gasteiger partial charge < -0.3 is 29.2 Å². The zero-order chi connectivity index (χ0) is 30.8. The van der Waals surface area contributed by atoms with Gasteiger partial charge in [0.25, 0.3) is 0 Å². The van der Waals surface area contributed by atoms with E-state index in [1.807, 2.05) is 0 Å². The molecule has 230 valence electrons. The first-order valence-corrected chi connectivity index (χ1v) is 8.75. The fourth-order valence-electron chi connectivity index (χ4n) is 1.84. The van der Waals surface area contributed by atoms with Gasteiger partial charge in [-0.15, -0.1) is 0 Å². The van der Waals surface area contributed by atoms with Crippen molar-refractivity contribution in [2.24, 2.45) is 0 Å². The third-order valence-electron chi connectivity index (χ3n) is 3.77. The van der Waals surface area contributed by atoms with Crippen LogP contribution in [0, 0.1) is 0 Å². The van der Waals surface area contributed by atoms with Crippen molar-refractivity contribution in [3.05, 3.63) is 0 Å². The highest BCUT2D eigenvalue weighted by Crippen LogP contribution is 2.49. The van der Waals surface area contributed by atoms with Gasteiger partial charge in [0, 0.05) is 0 Å².